The molecule has 4 aromatic rings. The third-order valence-electron chi connectivity index (χ3n) is 5.25. The number of anilines is 1. The molecule has 0 amide bonds. The van der Waals surface area contributed by atoms with Crippen LogP contribution in [0.3, 0.4) is 0 Å². The fourth-order valence-corrected chi connectivity index (χ4v) is 4.58. The molecule has 5 rings (SSSR count). The molecular weight excluding hydrogens is 450 g/mol. The molecule has 1 aliphatic heterocycles. The normalized spacial score (nSPS) is 13.5. The highest BCUT2D eigenvalue weighted by Gasteiger charge is 2.24. The lowest BCUT2D eigenvalue weighted by Gasteiger charge is -2.32. The van der Waals surface area contributed by atoms with Crippen LogP contribution in [-0.2, 0) is 0 Å². The number of nitrogens with zero attached hydrogens (tertiary/aromatic N) is 3. The number of aromatic nitrogens is 2. The Labute approximate surface area is 202 Å². The van der Waals surface area contributed by atoms with Crippen molar-refractivity contribution in [1.29, 1.82) is 0 Å². The highest BCUT2D eigenvalue weighted by Crippen LogP contribution is 2.37. The van der Waals surface area contributed by atoms with Crippen molar-refractivity contribution in [3.05, 3.63) is 113 Å². The van der Waals surface area contributed by atoms with Crippen LogP contribution in [0.5, 0.6) is 0 Å². The molecule has 2 N–H and O–H groups in total. The number of allylic oxidation sites excluding steroid dienone is 1. The molecule has 5 nitrogen and oxygen atoms in total. The first-order valence-electron chi connectivity index (χ1n) is 10.7. The molecule has 33 heavy (non-hydrogen) atoms. The standard InChI is InChI=1S/C26H22ClN5S/c1-2-32-16-22(29-21-9-6-14-28-15-21)24(25(31-32)18-7-4-3-5-8-18)23-17-33-26(30-23)19-10-12-20(27)13-11-19/h3-17,29,31H,2H2,1H3. The van der Waals surface area contributed by atoms with E-state index in [9.17, 15) is 0 Å². The zero-order valence-corrected chi connectivity index (χ0v) is 19.6. The molecule has 0 spiro atoms. The molecule has 0 fully saturated rings. The SMILES string of the molecule is CCN1C=C(Nc2cccnc2)C(c2csc(-c3ccc(Cl)cc3)n2)=C(c2ccccc2)N1. The summed E-state index contributed by atoms with van der Waals surface area (Å²) in [6.07, 6.45) is 5.67. The van der Waals surface area contributed by atoms with Crippen molar-refractivity contribution in [3.63, 3.8) is 0 Å². The number of pyridine rings is 1. The van der Waals surface area contributed by atoms with Crippen LogP contribution in [-0.4, -0.2) is 21.5 Å². The molecule has 2 aromatic heterocycles. The zero-order chi connectivity index (χ0) is 22.6. The van der Waals surface area contributed by atoms with Crippen LogP contribution in [0.1, 0.15) is 18.2 Å². The summed E-state index contributed by atoms with van der Waals surface area (Å²) >= 11 is 7.70. The van der Waals surface area contributed by atoms with E-state index in [1.807, 2.05) is 60.8 Å². The molecule has 7 heteroatoms. The molecule has 3 heterocycles. The highest BCUT2D eigenvalue weighted by atomic mass is 35.5. The number of hydrazine groups is 1. The summed E-state index contributed by atoms with van der Waals surface area (Å²) in [5.41, 5.74) is 10.5. The Hall–Kier alpha value is -3.61. The zero-order valence-electron chi connectivity index (χ0n) is 18.0. The van der Waals surface area contributed by atoms with Gasteiger partial charge in [0, 0.05) is 40.5 Å². The van der Waals surface area contributed by atoms with Gasteiger partial charge in [-0.2, -0.15) is 0 Å². The maximum Gasteiger partial charge on any atom is 0.124 e. The van der Waals surface area contributed by atoms with Crippen LogP contribution in [0.15, 0.2) is 96.4 Å². The van der Waals surface area contributed by atoms with Gasteiger partial charge in [0.25, 0.3) is 0 Å². The van der Waals surface area contributed by atoms with Crippen LogP contribution >= 0.6 is 22.9 Å². The second kappa shape index (κ2) is 9.48. The molecule has 164 valence electrons. The van der Waals surface area contributed by atoms with Gasteiger partial charge in [-0.1, -0.05) is 54.1 Å². The van der Waals surface area contributed by atoms with Crippen molar-refractivity contribution >= 4 is 39.9 Å². The van der Waals surface area contributed by atoms with Crippen molar-refractivity contribution in [2.45, 2.75) is 6.92 Å². The van der Waals surface area contributed by atoms with Gasteiger partial charge in [-0.05, 0) is 31.2 Å². The monoisotopic (exact) mass is 471 g/mol. The van der Waals surface area contributed by atoms with Gasteiger partial charge in [-0.3, -0.25) is 15.4 Å². The number of thiazole rings is 1. The van der Waals surface area contributed by atoms with Crippen LogP contribution in [0.4, 0.5) is 5.69 Å². The van der Waals surface area contributed by atoms with E-state index in [4.69, 9.17) is 16.6 Å². The molecular formula is C26H22ClN5S. The minimum Gasteiger partial charge on any atom is -0.352 e. The van der Waals surface area contributed by atoms with Crippen molar-refractivity contribution in [1.82, 2.24) is 20.4 Å². The third-order valence-corrected chi connectivity index (χ3v) is 6.40. The molecule has 0 radical (unpaired) electrons. The van der Waals surface area contributed by atoms with Crippen LogP contribution < -0.4 is 10.7 Å². The number of hydrogen-bond donors (Lipinski definition) is 2. The van der Waals surface area contributed by atoms with E-state index < -0.39 is 0 Å². The molecule has 0 unspecified atom stereocenters. The van der Waals surface area contributed by atoms with Gasteiger partial charge in [-0.15, -0.1) is 11.3 Å². The van der Waals surface area contributed by atoms with E-state index in [0.29, 0.717) is 5.02 Å². The first-order chi connectivity index (χ1) is 16.2. The smallest absolute Gasteiger partial charge is 0.124 e. The van der Waals surface area contributed by atoms with Crippen molar-refractivity contribution < 1.29 is 0 Å². The Morgan fingerprint density at radius 3 is 2.55 bits per heavy atom. The van der Waals surface area contributed by atoms with Crippen molar-refractivity contribution in [2.24, 2.45) is 0 Å². The number of nitrogens with one attached hydrogen (secondary N) is 2. The average molecular weight is 472 g/mol. The van der Waals surface area contributed by atoms with Gasteiger partial charge in [0.2, 0.25) is 0 Å². The maximum absolute atomic E-state index is 6.08. The second-order valence-corrected chi connectivity index (χ2v) is 8.76. The first-order valence-corrected chi connectivity index (χ1v) is 11.9. The van der Waals surface area contributed by atoms with Gasteiger partial charge in [0.15, 0.2) is 0 Å². The predicted molar refractivity (Wildman–Crippen MR) is 137 cm³/mol. The summed E-state index contributed by atoms with van der Waals surface area (Å²) in [7, 11) is 0. The number of rotatable bonds is 6. The number of hydrogen-bond acceptors (Lipinski definition) is 6. The van der Waals surface area contributed by atoms with E-state index in [2.05, 4.69) is 51.4 Å². The van der Waals surface area contributed by atoms with Gasteiger partial charge in [0.05, 0.1) is 34.5 Å². The van der Waals surface area contributed by atoms with E-state index in [1.54, 1.807) is 17.5 Å². The van der Waals surface area contributed by atoms with Gasteiger partial charge in [0.1, 0.15) is 5.01 Å². The summed E-state index contributed by atoms with van der Waals surface area (Å²) in [6, 6.07) is 22.0. The summed E-state index contributed by atoms with van der Waals surface area (Å²) in [6.45, 7) is 2.91. The number of benzene rings is 2. The van der Waals surface area contributed by atoms with E-state index in [0.717, 1.165) is 51.0 Å². The number of halogens is 1. The summed E-state index contributed by atoms with van der Waals surface area (Å²) < 4.78 is 0. The Balaban J connectivity index is 1.64. The Bertz CT molecular complexity index is 1300. The second-order valence-electron chi connectivity index (χ2n) is 7.47. The van der Waals surface area contributed by atoms with Crippen LogP contribution in [0.25, 0.3) is 21.8 Å². The lowest BCUT2D eigenvalue weighted by molar-refractivity contribution is 0.338. The average Bonchev–Trinajstić information content (AvgIpc) is 3.35. The topological polar surface area (TPSA) is 53.1 Å². The molecule has 0 bridgehead atoms. The molecule has 1 aliphatic rings. The minimum absolute atomic E-state index is 0.714. The van der Waals surface area contributed by atoms with Gasteiger partial charge >= 0.3 is 0 Å². The molecule has 0 aliphatic carbocycles. The van der Waals surface area contributed by atoms with Crippen LogP contribution in [0.2, 0.25) is 5.02 Å². The third kappa shape index (κ3) is 4.62. The quantitative estimate of drug-likeness (QED) is 0.335. The van der Waals surface area contributed by atoms with Crippen molar-refractivity contribution in [3.8, 4) is 10.6 Å². The van der Waals surface area contributed by atoms with Crippen LogP contribution in [0, 0.1) is 0 Å². The van der Waals surface area contributed by atoms with E-state index >= 15 is 0 Å². The van der Waals surface area contributed by atoms with Crippen molar-refractivity contribution in [2.75, 3.05) is 11.9 Å². The van der Waals surface area contributed by atoms with E-state index in [1.165, 1.54) is 0 Å². The summed E-state index contributed by atoms with van der Waals surface area (Å²) in [5, 5.41) is 9.38. The fourth-order valence-electron chi connectivity index (χ4n) is 3.64. The lowest BCUT2D eigenvalue weighted by Crippen LogP contribution is -2.36. The predicted octanol–water partition coefficient (Wildman–Crippen LogP) is 6.52. The molecule has 0 saturated heterocycles. The maximum atomic E-state index is 6.08. The molecule has 0 saturated carbocycles. The largest absolute Gasteiger partial charge is 0.352 e. The Morgan fingerprint density at radius 2 is 1.82 bits per heavy atom. The summed E-state index contributed by atoms with van der Waals surface area (Å²) in [5.74, 6) is 0. The van der Waals surface area contributed by atoms with Gasteiger partial charge < -0.3 is 5.32 Å². The fraction of sp³-hybridized carbons (Fsp3) is 0.0769. The van der Waals surface area contributed by atoms with Gasteiger partial charge in [-0.25, -0.2) is 4.98 Å². The first kappa shape index (κ1) is 21.2. The highest BCUT2D eigenvalue weighted by molar-refractivity contribution is 7.13. The Kier molecular flexibility index (Phi) is 6.11. The minimum atomic E-state index is 0.714. The molecule has 0 atom stereocenters. The lowest BCUT2D eigenvalue weighted by atomic mass is 10.0. The molecule has 2 aromatic carbocycles. The Morgan fingerprint density at radius 1 is 1.00 bits per heavy atom. The summed E-state index contributed by atoms with van der Waals surface area (Å²) in [4.78, 5) is 9.27. The van der Waals surface area contributed by atoms with E-state index in [-0.39, 0.29) is 0 Å².